The molecule has 0 spiro atoms. The molecule has 88 valence electrons. The third kappa shape index (κ3) is 4.40. The van der Waals surface area contributed by atoms with Gasteiger partial charge < -0.3 is 15.6 Å². The molecule has 0 bridgehead atoms. The van der Waals surface area contributed by atoms with Crippen LogP contribution >= 0.6 is 11.8 Å². The molecule has 1 aliphatic rings. The first-order valence-corrected chi connectivity index (χ1v) is 6.50. The van der Waals surface area contributed by atoms with Gasteiger partial charge in [-0.1, -0.05) is 6.92 Å². The fourth-order valence-corrected chi connectivity index (χ4v) is 2.66. The number of rotatable bonds is 6. The molecule has 5 heteroatoms. The molecule has 1 aliphatic heterocycles. The molecule has 1 rings (SSSR count). The monoisotopic (exact) mass is 233 g/mol. The van der Waals surface area contributed by atoms with Gasteiger partial charge in [0.1, 0.15) is 0 Å². The quantitative estimate of drug-likeness (QED) is 0.718. The van der Waals surface area contributed by atoms with Gasteiger partial charge in [-0.15, -0.1) is 0 Å². The Morgan fingerprint density at radius 2 is 2.40 bits per heavy atom. The number of hydrogen-bond acceptors (Lipinski definition) is 4. The van der Waals surface area contributed by atoms with Gasteiger partial charge in [0.15, 0.2) is 6.10 Å². The first kappa shape index (κ1) is 12.8. The van der Waals surface area contributed by atoms with Crippen molar-refractivity contribution in [3.63, 3.8) is 0 Å². The SMILES string of the molecule is CCC(N)CSCC1CCC(C(=O)O)O1. The van der Waals surface area contributed by atoms with Crippen LogP contribution in [0.15, 0.2) is 0 Å². The summed E-state index contributed by atoms with van der Waals surface area (Å²) in [7, 11) is 0. The van der Waals surface area contributed by atoms with E-state index < -0.39 is 12.1 Å². The summed E-state index contributed by atoms with van der Waals surface area (Å²) in [4.78, 5) is 10.6. The van der Waals surface area contributed by atoms with Gasteiger partial charge in [0.2, 0.25) is 0 Å². The van der Waals surface area contributed by atoms with Crippen LogP contribution in [0.1, 0.15) is 26.2 Å². The summed E-state index contributed by atoms with van der Waals surface area (Å²) in [5, 5.41) is 8.73. The second kappa shape index (κ2) is 6.35. The third-order valence-electron chi connectivity index (χ3n) is 2.54. The predicted octanol–water partition coefficient (Wildman–Crippen LogP) is 1.09. The minimum atomic E-state index is -0.840. The summed E-state index contributed by atoms with van der Waals surface area (Å²) in [6.07, 6.45) is 1.98. The Labute approximate surface area is 94.6 Å². The molecule has 4 nitrogen and oxygen atoms in total. The molecule has 0 amide bonds. The van der Waals surface area contributed by atoms with Gasteiger partial charge in [-0.25, -0.2) is 4.79 Å². The van der Waals surface area contributed by atoms with E-state index in [-0.39, 0.29) is 12.1 Å². The normalized spacial score (nSPS) is 27.9. The Hall–Kier alpha value is -0.260. The van der Waals surface area contributed by atoms with Crippen LogP contribution < -0.4 is 5.73 Å². The molecule has 1 fully saturated rings. The van der Waals surface area contributed by atoms with Crippen LogP contribution in [0.2, 0.25) is 0 Å². The molecule has 3 N–H and O–H groups in total. The summed E-state index contributed by atoms with van der Waals surface area (Å²) in [6, 6.07) is 0.242. The van der Waals surface area contributed by atoms with Crippen molar-refractivity contribution in [3.8, 4) is 0 Å². The molecule has 0 aromatic heterocycles. The van der Waals surface area contributed by atoms with Crippen molar-refractivity contribution in [2.45, 2.75) is 44.4 Å². The molecule has 0 saturated carbocycles. The van der Waals surface area contributed by atoms with E-state index in [0.717, 1.165) is 24.3 Å². The van der Waals surface area contributed by atoms with Crippen molar-refractivity contribution in [1.29, 1.82) is 0 Å². The Balaban J connectivity index is 2.11. The van der Waals surface area contributed by atoms with Crippen molar-refractivity contribution in [1.82, 2.24) is 0 Å². The zero-order chi connectivity index (χ0) is 11.3. The average molecular weight is 233 g/mol. The standard InChI is InChI=1S/C10H19NO3S/c1-2-7(11)5-15-6-8-3-4-9(14-8)10(12)13/h7-9H,2-6,11H2,1H3,(H,12,13). The fourth-order valence-electron chi connectivity index (χ4n) is 1.48. The lowest BCUT2D eigenvalue weighted by Crippen LogP contribution is -2.24. The average Bonchev–Trinajstić information content (AvgIpc) is 2.66. The molecular formula is C10H19NO3S. The Morgan fingerprint density at radius 1 is 1.67 bits per heavy atom. The highest BCUT2D eigenvalue weighted by Crippen LogP contribution is 2.23. The Morgan fingerprint density at radius 3 is 2.93 bits per heavy atom. The Kier molecular flexibility index (Phi) is 5.42. The van der Waals surface area contributed by atoms with Crippen molar-refractivity contribution in [2.24, 2.45) is 5.73 Å². The lowest BCUT2D eigenvalue weighted by atomic mass is 10.2. The van der Waals surface area contributed by atoms with Gasteiger partial charge in [-0.3, -0.25) is 0 Å². The van der Waals surface area contributed by atoms with Gasteiger partial charge >= 0.3 is 5.97 Å². The zero-order valence-corrected chi connectivity index (χ0v) is 9.83. The van der Waals surface area contributed by atoms with E-state index in [1.54, 1.807) is 11.8 Å². The number of hydrogen-bond donors (Lipinski definition) is 2. The maximum atomic E-state index is 10.6. The molecule has 0 aromatic rings. The highest BCUT2D eigenvalue weighted by atomic mass is 32.2. The number of thioether (sulfide) groups is 1. The number of aliphatic carboxylic acids is 1. The molecule has 3 unspecified atom stereocenters. The molecule has 0 aliphatic carbocycles. The van der Waals surface area contributed by atoms with E-state index in [9.17, 15) is 4.79 Å². The molecule has 0 radical (unpaired) electrons. The van der Waals surface area contributed by atoms with Crippen molar-refractivity contribution in [3.05, 3.63) is 0 Å². The maximum absolute atomic E-state index is 10.6. The van der Waals surface area contributed by atoms with E-state index in [4.69, 9.17) is 15.6 Å². The summed E-state index contributed by atoms with van der Waals surface area (Å²) < 4.78 is 5.38. The van der Waals surface area contributed by atoms with Crippen molar-refractivity contribution >= 4 is 17.7 Å². The highest BCUT2D eigenvalue weighted by molar-refractivity contribution is 7.99. The van der Waals surface area contributed by atoms with E-state index in [2.05, 4.69) is 6.92 Å². The summed E-state index contributed by atoms with van der Waals surface area (Å²) >= 11 is 1.75. The second-order valence-corrected chi connectivity index (χ2v) is 4.94. The van der Waals surface area contributed by atoms with Gasteiger partial charge in [0.25, 0.3) is 0 Å². The first-order chi connectivity index (χ1) is 7.13. The smallest absolute Gasteiger partial charge is 0.332 e. The van der Waals surface area contributed by atoms with Crippen LogP contribution in [0, 0.1) is 0 Å². The largest absolute Gasteiger partial charge is 0.479 e. The minimum absolute atomic E-state index is 0.0974. The number of carboxylic acids is 1. The van der Waals surface area contributed by atoms with E-state index in [1.807, 2.05) is 0 Å². The van der Waals surface area contributed by atoms with Gasteiger partial charge in [0, 0.05) is 17.5 Å². The number of ether oxygens (including phenoxy) is 1. The molecule has 0 aromatic carbocycles. The van der Waals surface area contributed by atoms with Gasteiger partial charge in [0.05, 0.1) is 6.10 Å². The highest BCUT2D eigenvalue weighted by Gasteiger charge is 2.30. The summed E-state index contributed by atoms with van der Waals surface area (Å²) in [5.41, 5.74) is 5.78. The summed E-state index contributed by atoms with van der Waals surface area (Å²) in [5.74, 6) is 0.943. The maximum Gasteiger partial charge on any atom is 0.332 e. The molecular weight excluding hydrogens is 214 g/mol. The lowest BCUT2D eigenvalue weighted by Gasteiger charge is -2.12. The first-order valence-electron chi connectivity index (χ1n) is 5.35. The predicted molar refractivity (Wildman–Crippen MR) is 61.1 cm³/mol. The number of nitrogens with two attached hydrogens (primary N) is 1. The van der Waals surface area contributed by atoms with Crippen LogP contribution in [0.25, 0.3) is 0 Å². The van der Waals surface area contributed by atoms with Crippen LogP contribution in [-0.2, 0) is 9.53 Å². The lowest BCUT2D eigenvalue weighted by molar-refractivity contribution is -0.148. The van der Waals surface area contributed by atoms with E-state index >= 15 is 0 Å². The number of carboxylic acid groups (broad SMARTS) is 1. The topological polar surface area (TPSA) is 72.6 Å². The summed E-state index contributed by atoms with van der Waals surface area (Å²) in [6.45, 7) is 2.07. The minimum Gasteiger partial charge on any atom is -0.479 e. The molecule has 1 saturated heterocycles. The molecule has 1 heterocycles. The van der Waals surface area contributed by atoms with Crippen LogP contribution in [0.3, 0.4) is 0 Å². The van der Waals surface area contributed by atoms with E-state index in [0.29, 0.717) is 6.42 Å². The molecule has 3 atom stereocenters. The van der Waals surface area contributed by atoms with E-state index in [1.165, 1.54) is 0 Å². The van der Waals surface area contributed by atoms with Crippen LogP contribution in [0.5, 0.6) is 0 Å². The van der Waals surface area contributed by atoms with Crippen molar-refractivity contribution in [2.75, 3.05) is 11.5 Å². The molecule has 15 heavy (non-hydrogen) atoms. The van der Waals surface area contributed by atoms with Gasteiger partial charge in [-0.05, 0) is 19.3 Å². The van der Waals surface area contributed by atoms with Crippen LogP contribution in [-0.4, -0.2) is 40.8 Å². The Bertz CT molecular complexity index is 213. The van der Waals surface area contributed by atoms with Crippen molar-refractivity contribution < 1.29 is 14.6 Å². The second-order valence-electron chi connectivity index (χ2n) is 3.87. The van der Waals surface area contributed by atoms with Crippen LogP contribution in [0.4, 0.5) is 0 Å². The zero-order valence-electron chi connectivity index (χ0n) is 9.02. The van der Waals surface area contributed by atoms with Gasteiger partial charge in [-0.2, -0.15) is 11.8 Å². The fraction of sp³-hybridized carbons (Fsp3) is 0.900. The third-order valence-corrected chi connectivity index (χ3v) is 3.81. The number of carbonyl (C=O) groups is 1.